The van der Waals surface area contributed by atoms with Gasteiger partial charge in [0.05, 0.1) is 17.0 Å². The zero-order valence-corrected chi connectivity index (χ0v) is 22.7. The molecule has 39 heavy (non-hydrogen) atoms. The first-order valence-electron chi connectivity index (χ1n) is 12.9. The van der Waals surface area contributed by atoms with Crippen LogP contribution >= 0.6 is 11.6 Å². The molecule has 1 saturated heterocycles. The van der Waals surface area contributed by atoms with E-state index in [0.717, 1.165) is 5.01 Å². The van der Waals surface area contributed by atoms with Crippen LogP contribution in [-0.2, 0) is 20.8 Å². The molecule has 0 spiro atoms. The summed E-state index contributed by atoms with van der Waals surface area (Å²) < 4.78 is 32.9. The molecular formula is C26H34ClF2N5O5. The summed E-state index contributed by atoms with van der Waals surface area (Å²) in [4.78, 5) is 42.3. The van der Waals surface area contributed by atoms with Gasteiger partial charge in [-0.2, -0.15) is 0 Å². The zero-order chi connectivity index (χ0) is 28.6. The summed E-state index contributed by atoms with van der Waals surface area (Å²) in [5, 5.41) is 11.1. The fraction of sp³-hybridized carbons (Fsp3) is 0.577. The largest absolute Gasteiger partial charge is 0.487 e. The third kappa shape index (κ3) is 5.23. The van der Waals surface area contributed by atoms with E-state index in [-0.39, 0.29) is 29.8 Å². The number of carbonyl (C=O) groups is 3. The van der Waals surface area contributed by atoms with E-state index in [9.17, 15) is 28.3 Å². The van der Waals surface area contributed by atoms with Crippen molar-refractivity contribution in [3.63, 3.8) is 0 Å². The summed E-state index contributed by atoms with van der Waals surface area (Å²) in [7, 11) is 1.24. The highest BCUT2D eigenvalue weighted by Gasteiger charge is 2.52. The van der Waals surface area contributed by atoms with E-state index in [1.165, 1.54) is 7.05 Å². The quantitative estimate of drug-likeness (QED) is 0.320. The van der Waals surface area contributed by atoms with Crippen LogP contribution in [-0.4, -0.2) is 70.9 Å². The van der Waals surface area contributed by atoms with Crippen LogP contribution in [0.4, 0.5) is 8.78 Å². The lowest BCUT2D eigenvalue weighted by molar-refractivity contribution is -0.160. The van der Waals surface area contributed by atoms with Crippen LogP contribution in [0.5, 0.6) is 5.75 Å². The molecule has 2 fully saturated rings. The molecule has 1 unspecified atom stereocenters. The average Bonchev–Trinajstić information content (AvgIpc) is 3.48. The van der Waals surface area contributed by atoms with Crippen LogP contribution < -0.4 is 16.3 Å². The van der Waals surface area contributed by atoms with Crippen molar-refractivity contribution >= 4 is 29.4 Å². The molecule has 1 aromatic carbocycles. The topological polar surface area (TPSA) is 142 Å². The fourth-order valence-electron chi connectivity index (χ4n) is 6.04. The molecule has 1 aliphatic carbocycles. The number of amides is 2. The summed E-state index contributed by atoms with van der Waals surface area (Å²) in [6.45, 7) is 1.78. The Kier molecular flexibility index (Phi) is 8.27. The minimum atomic E-state index is -2.93. The number of aliphatic carboxylic acids is 1. The lowest BCUT2D eigenvalue weighted by atomic mass is 9.78. The van der Waals surface area contributed by atoms with E-state index in [1.807, 2.05) is 0 Å². The number of carbonyl (C=O) groups excluding carboxylic acids is 2. The van der Waals surface area contributed by atoms with Gasteiger partial charge in [-0.15, -0.1) is 0 Å². The van der Waals surface area contributed by atoms with Crippen LogP contribution in [0.15, 0.2) is 23.5 Å². The van der Waals surface area contributed by atoms with Crippen molar-refractivity contribution in [3.8, 4) is 5.75 Å². The highest BCUT2D eigenvalue weighted by Crippen LogP contribution is 2.48. The van der Waals surface area contributed by atoms with Gasteiger partial charge < -0.3 is 30.4 Å². The van der Waals surface area contributed by atoms with Crippen molar-refractivity contribution in [2.45, 2.75) is 58.0 Å². The lowest BCUT2D eigenvalue weighted by Crippen LogP contribution is -2.52. The van der Waals surface area contributed by atoms with E-state index in [4.69, 9.17) is 27.9 Å². The number of hydrogen-bond acceptors (Lipinski definition) is 7. The SMILES string of the molecule is CN(N)/C(=C(\N)COc1ccc(Cl)c2c1C(N1CCCC1=O)N(C(=O)[C@@H]1CCC[C@]1(C)C(=O)O)CC2)C(F)F. The van der Waals surface area contributed by atoms with E-state index in [0.29, 0.717) is 61.2 Å². The molecule has 2 heterocycles. The average molecular weight is 570 g/mol. The predicted molar refractivity (Wildman–Crippen MR) is 138 cm³/mol. The Morgan fingerprint density at radius 1 is 1.28 bits per heavy atom. The molecule has 10 nitrogen and oxygen atoms in total. The number of carboxylic acids is 1. The van der Waals surface area contributed by atoms with Gasteiger partial charge in [-0.25, -0.2) is 14.6 Å². The molecule has 0 bridgehead atoms. The van der Waals surface area contributed by atoms with E-state index in [1.54, 1.807) is 28.9 Å². The first-order chi connectivity index (χ1) is 18.4. The van der Waals surface area contributed by atoms with Crippen LogP contribution in [0.3, 0.4) is 0 Å². The number of fused-ring (bicyclic) bond motifs is 1. The summed E-state index contributed by atoms with van der Waals surface area (Å²) in [5.41, 5.74) is 4.97. The number of rotatable bonds is 8. The normalized spacial score (nSPS) is 25.6. The third-order valence-electron chi connectivity index (χ3n) is 8.15. The number of ether oxygens (including phenoxy) is 1. The van der Waals surface area contributed by atoms with Gasteiger partial charge in [0.2, 0.25) is 11.8 Å². The molecule has 5 N–H and O–H groups in total. The molecular weight excluding hydrogens is 536 g/mol. The molecule has 4 rings (SSSR count). The Morgan fingerprint density at radius 3 is 2.59 bits per heavy atom. The van der Waals surface area contributed by atoms with Crippen molar-refractivity contribution in [1.29, 1.82) is 0 Å². The molecule has 1 aromatic rings. The molecule has 2 amide bonds. The maximum Gasteiger partial charge on any atom is 0.310 e. The van der Waals surface area contributed by atoms with Gasteiger partial charge in [0, 0.05) is 37.1 Å². The zero-order valence-electron chi connectivity index (χ0n) is 22.0. The van der Waals surface area contributed by atoms with Crippen LogP contribution in [0.2, 0.25) is 5.02 Å². The second-order valence-electron chi connectivity index (χ2n) is 10.6. The van der Waals surface area contributed by atoms with Gasteiger partial charge >= 0.3 is 5.97 Å². The van der Waals surface area contributed by atoms with E-state index in [2.05, 4.69) is 0 Å². The number of benzene rings is 1. The minimum absolute atomic E-state index is 0.159. The van der Waals surface area contributed by atoms with Crippen LogP contribution in [0, 0.1) is 11.3 Å². The second-order valence-corrected chi connectivity index (χ2v) is 11.0. The number of alkyl halides is 2. The standard InChI is InChI=1S/C26H34ClF2N5O5/c1-26(25(37)38)10-3-5-15(26)24(36)34-12-9-14-16(27)7-8-18(20(14)23(34)33-11-4-6-19(33)35)39-13-17(30)21(22(28)29)32(2)31/h7-8,15,22-23H,3-6,9-13,30-31H2,1-2H3,(H,37,38)/b21-17-/t15-,23?,26-/m0/s1. The van der Waals surface area contributed by atoms with Crippen LogP contribution in [0.25, 0.3) is 0 Å². The molecule has 214 valence electrons. The Labute approximate surface area is 230 Å². The van der Waals surface area contributed by atoms with Gasteiger partial charge in [0.1, 0.15) is 24.2 Å². The monoisotopic (exact) mass is 569 g/mol. The van der Waals surface area contributed by atoms with Crippen molar-refractivity contribution in [2.75, 3.05) is 26.7 Å². The number of hydrazine groups is 1. The number of likely N-dealkylation sites (tertiary alicyclic amines) is 1. The maximum absolute atomic E-state index is 14.0. The number of nitrogens with two attached hydrogens (primary N) is 2. The van der Waals surface area contributed by atoms with E-state index < -0.39 is 42.2 Å². The van der Waals surface area contributed by atoms with Crippen molar-refractivity contribution < 1.29 is 33.0 Å². The number of hydrogen-bond donors (Lipinski definition) is 3. The van der Waals surface area contributed by atoms with Gasteiger partial charge in [0.15, 0.2) is 0 Å². The Bertz CT molecular complexity index is 1190. The predicted octanol–water partition coefficient (Wildman–Crippen LogP) is 2.86. The number of nitrogens with zero attached hydrogens (tertiary/aromatic N) is 3. The summed E-state index contributed by atoms with van der Waals surface area (Å²) in [5.74, 6) is 3.47. The van der Waals surface area contributed by atoms with Gasteiger partial charge in [-0.3, -0.25) is 14.4 Å². The van der Waals surface area contributed by atoms with E-state index >= 15 is 0 Å². The fourth-order valence-corrected chi connectivity index (χ4v) is 6.30. The summed E-state index contributed by atoms with van der Waals surface area (Å²) in [6, 6.07) is 3.17. The Hall–Kier alpha value is -3.12. The molecule has 0 radical (unpaired) electrons. The summed E-state index contributed by atoms with van der Waals surface area (Å²) >= 11 is 6.56. The molecule has 3 aliphatic rings. The lowest BCUT2D eigenvalue weighted by Gasteiger charge is -2.45. The van der Waals surface area contributed by atoms with Gasteiger partial charge in [-0.1, -0.05) is 18.0 Å². The Morgan fingerprint density at radius 2 is 2.00 bits per heavy atom. The number of carboxylic acid groups (broad SMARTS) is 1. The molecule has 2 aliphatic heterocycles. The van der Waals surface area contributed by atoms with Gasteiger partial charge in [0.25, 0.3) is 6.43 Å². The molecule has 3 atom stereocenters. The highest BCUT2D eigenvalue weighted by molar-refractivity contribution is 6.31. The molecule has 0 aromatic heterocycles. The Balaban J connectivity index is 1.77. The maximum atomic E-state index is 14.0. The molecule has 13 heteroatoms. The van der Waals surface area contributed by atoms with Gasteiger partial charge in [-0.05, 0) is 50.3 Å². The van der Waals surface area contributed by atoms with Crippen molar-refractivity contribution in [1.82, 2.24) is 14.8 Å². The smallest absolute Gasteiger partial charge is 0.310 e. The van der Waals surface area contributed by atoms with Crippen molar-refractivity contribution in [2.24, 2.45) is 22.9 Å². The second kappa shape index (κ2) is 11.2. The first kappa shape index (κ1) is 28.9. The summed E-state index contributed by atoms with van der Waals surface area (Å²) in [6.07, 6.45) is -1.18. The van der Waals surface area contributed by atoms with Crippen molar-refractivity contribution in [3.05, 3.63) is 39.7 Å². The number of allylic oxidation sites excluding steroid dienone is 1. The third-order valence-corrected chi connectivity index (χ3v) is 8.50. The molecule has 1 saturated carbocycles. The number of halogens is 3. The van der Waals surface area contributed by atoms with Crippen LogP contribution in [0.1, 0.15) is 56.3 Å². The highest BCUT2D eigenvalue weighted by atomic mass is 35.5. The minimum Gasteiger partial charge on any atom is -0.487 e. The first-order valence-corrected chi connectivity index (χ1v) is 13.3.